The van der Waals surface area contributed by atoms with Gasteiger partial charge in [-0.3, -0.25) is 23.9 Å². The molecule has 0 unspecified atom stereocenters. The topological polar surface area (TPSA) is 125 Å². The van der Waals surface area contributed by atoms with Crippen LogP contribution >= 0.6 is 11.8 Å². The summed E-state index contributed by atoms with van der Waals surface area (Å²) in [5, 5.41) is 12.7. The van der Waals surface area contributed by atoms with Crippen molar-refractivity contribution in [3.05, 3.63) is 60.2 Å². The van der Waals surface area contributed by atoms with Crippen LogP contribution in [0.2, 0.25) is 0 Å². The molecular weight excluding hydrogens is 619 g/mol. The number of thioether (sulfide) groups is 1. The van der Waals surface area contributed by atoms with Gasteiger partial charge in [-0.1, -0.05) is 26.0 Å². The molecule has 2 fully saturated rings. The Hall–Kier alpha value is -3.67. The summed E-state index contributed by atoms with van der Waals surface area (Å²) in [4.78, 5) is 54.4. The number of hydrogen-bond donors (Lipinski definition) is 3. The first-order valence-electron chi connectivity index (χ1n) is 16.8. The van der Waals surface area contributed by atoms with Gasteiger partial charge in [0.05, 0.1) is 5.69 Å². The number of hydrogen-bond acceptors (Lipinski definition) is 6. The highest BCUT2D eigenvalue weighted by Gasteiger charge is 2.44. The van der Waals surface area contributed by atoms with Crippen molar-refractivity contribution < 1.29 is 23.6 Å². The molecule has 1 saturated carbocycles. The van der Waals surface area contributed by atoms with E-state index in [4.69, 9.17) is 0 Å². The highest BCUT2D eigenvalue weighted by atomic mass is 32.2. The average molecular weight is 669 g/mol. The van der Waals surface area contributed by atoms with Gasteiger partial charge in [0.1, 0.15) is 23.6 Å². The summed E-state index contributed by atoms with van der Waals surface area (Å²) < 4.78 is 17.0. The lowest BCUT2D eigenvalue weighted by Crippen LogP contribution is -2.55. The third-order valence-corrected chi connectivity index (χ3v) is 10.4. The van der Waals surface area contributed by atoms with Crippen molar-refractivity contribution in [3.63, 3.8) is 0 Å². The van der Waals surface area contributed by atoms with Gasteiger partial charge in [0.2, 0.25) is 17.7 Å². The average Bonchev–Trinajstić information content (AvgIpc) is 3.58. The van der Waals surface area contributed by atoms with E-state index in [0.717, 1.165) is 24.3 Å². The number of carbonyl (C=O) groups is 4. The number of rotatable bonds is 14. The van der Waals surface area contributed by atoms with E-state index >= 15 is 4.39 Å². The summed E-state index contributed by atoms with van der Waals surface area (Å²) in [6.07, 6.45) is 8.21. The molecule has 0 spiro atoms. The van der Waals surface area contributed by atoms with E-state index in [1.807, 2.05) is 23.6 Å². The maximum atomic E-state index is 15.5. The fourth-order valence-corrected chi connectivity index (χ4v) is 7.35. The first kappa shape index (κ1) is 36.2. The second-order valence-electron chi connectivity index (χ2n) is 12.7. The lowest BCUT2D eigenvalue weighted by atomic mass is 9.66. The molecule has 1 saturated heterocycles. The van der Waals surface area contributed by atoms with Gasteiger partial charge in [0, 0.05) is 49.2 Å². The largest absolute Gasteiger partial charge is 0.344 e. The van der Waals surface area contributed by atoms with Crippen LogP contribution in [0.15, 0.2) is 43.1 Å². The Morgan fingerprint density at radius 2 is 1.85 bits per heavy atom. The van der Waals surface area contributed by atoms with Gasteiger partial charge in [-0.25, -0.2) is 4.39 Å². The molecule has 0 radical (unpaired) electrons. The van der Waals surface area contributed by atoms with Gasteiger partial charge in [0.25, 0.3) is 5.91 Å². The number of anilines is 1. The number of nitrogens with zero attached hydrogens (tertiary/aromatic N) is 3. The Morgan fingerprint density at radius 3 is 2.49 bits per heavy atom. The zero-order valence-corrected chi connectivity index (χ0v) is 28.7. The molecule has 4 amide bonds. The quantitative estimate of drug-likeness (QED) is 0.245. The minimum Gasteiger partial charge on any atom is -0.344 e. The van der Waals surface area contributed by atoms with Crippen LogP contribution in [0.3, 0.4) is 0 Å². The molecule has 1 aromatic heterocycles. The van der Waals surface area contributed by atoms with E-state index in [9.17, 15) is 19.2 Å². The minimum atomic E-state index is -0.967. The number of nitrogens with one attached hydrogen (secondary N) is 3. The van der Waals surface area contributed by atoms with E-state index in [1.54, 1.807) is 36.0 Å². The van der Waals surface area contributed by atoms with Crippen LogP contribution in [-0.4, -0.2) is 75.0 Å². The van der Waals surface area contributed by atoms with Crippen molar-refractivity contribution in [3.8, 4) is 0 Å². The van der Waals surface area contributed by atoms with E-state index < -0.39 is 35.1 Å². The number of halogens is 1. The number of amides is 4. The van der Waals surface area contributed by atoms with Gasteiger partial charge in [-0.15, -0.1) is 6.58 Å². The molecule has 2 aromatic rings. The van der Waals surface area contributed by atoms with Crippen molar-refractivity contribution in [2.24, 2.45) is 11.3 Å². The molecule has 2 atom stereocenters. The van der Waals surface area contributed by atoms with Crippen molar-refractivity contribution in [2.45, 2.75) is 90.8 Å². The molecule has 256 valence electrons. The normalized spacial score (nSPS) is 20.9. The fourth-order valence-electron chi connectivity index (χ4n) is 6.45. The Kier molecular flexibility index (Phi) is 13.0. The first-order valence-corrected chi connectivity index (χ1v) is 18.0. The van der Waals surface area contributed by atoms with Crippen LogP contribution in [0.4, 0.5) is 10.1 Å². The van der Waals surface area contributed by atoms with Crippen LogP contribution < -0.4 is 16.0 Å². The molecule has 2 aliphatic rings. The van der Waals surface area contributed by atoms with Gasteiger partial charge >= 0.3 is 0 Å². The molecule has 12 heteroatoms. The van der Waals surface area contributed by atoms with E-state index in [0.29, 0.717) is 75.3 Å². The molecular formula is C35H49FN6O4S. The summed E-state index contributed by atoms with van der Waals surface area (Å²) in [6.45, 7) is 11.7. The van der Waals surface area contributed by atoms with E-state index in [-0.39, 0.29) is 17.5 Å². The van der Waals surface area contributed by atoms with Gasteiger partial charge in [-0.2, -0.15) is 16.9 Å². The number of benzene rings is 1. The molecule has 1 aliphatic heterocycles. The van der Waals surface area contributed by atoms with Gasteiger partial charge in [-0.05, 0) is 81.5 Å². The van der Waals surface area contributed by atoms with Gasteiger partial charge < -0.3 is 20.9 Å². The molecule has 1 aliphatic carbocycles. The number of aromatic nitrogens is 2. The zero-order valence-electron chi connectivity index (χ0n) is 27.9. The summed E-state index contributed by atoms with van der Waals surface area (Å²) >= 11 is 1.81. The van der Waals surface area contributed by atoms with Crippen molar-refractivity contribution >= 4 is 41.1 Å². The smallest absolute Gasteiger partial charge is 0.270 e. The number of aryl methyl sites for hydroxylation is 2. The van der Waals surface area contributed by atoms with Crippen LogP contribution in [0.1, 0.15) is 81.8 Å². The second-order valence-corrected chi connectivity index (χ2v) is 13.9. The summed E-state index contributed by atoms with van der Waals surface area (Å²) in [5.41, 5.74) is 0.390. The molecule has 4 rings (SSSR count). The Balaban J connectivity index is 1.44. The molecule has 0 bridgehead atoms. The Bertz CT molecular complexity index is 1420. The third kappa shape index (κ3) is 9.24. The SMILES string of the molecule is C=CC1([C@H](NC(=O)c2ccnn2CC)C(=O)Nc2ccc(CCC[C@@H](NC(=O)CC)C(=O)N3CCSCC3)cc2F)CCC(C)CC1. The Labute approximate surface area is 281 Å². The van der Waals surface area contributed by atoms with Crippen molar-refractivity contribution in [1.29, 1.82) is 0 Å². The summed E-state index contributed by atoms with van der Waals surface area (Å²) in [6, 6.07) is 4.70. The lowest BCUT2D eigenvalue weighted by Gasteiger charge is -2.42. The molecule has 1 aromatic carbocycles. The zero-order chi connectivity index (χ0) is 34.0. The van der Waals surface area contributed by atoms with Crippen LogP contribution in [0, 0.1) is 17.2 Å². The van der Waals surface area contributed by atoms with Crippen LogP contribution in [0.25, 0.3) is 0 Å². The second kappa shape index (κ2) is 16.9. The Morgan fingerprint density at radius 1 is 1.13 bits per heavy atom. The fraction of sp³-hybridized carbons (Fsp3) is 0.571. The lowest BCUT2D eigenvalue weighted by molar-refractivity contribution is -0.136. The molecule has 3 N–H and O–H groups in total. The monoisotopic (exact) mass is 668 g/mol. The van der Waals surface area contributed by atoms with E-state index in [1.165, 1.54) is 12.1 Å². The predicted molar refractivity (Wildman–Crippen MR) is 184 cm³/mol. The van der Waals surface area contributed by atoms with Gasteiger partial charge in [0.15, 0.2) is 0 Å². The first-order chi connectivity index (χ1) is 22.6. The van der Waals surface area contributed by atoms with Crippen LogP contribution in [-0.2, 0) is 27.3 Å². The number of carbonyl (C=O) groups excluding carboxylic acids is 4. The maximum Gasteiger partial charge on any atom is 0.270 e. The highest BCUT2D eigenvalue weighted by Crippen LogP contribution is 2.43. The predicted octanol–water partition coefficient (Wildman–Crippen LogP) is 4.95. The summed E-state index contributed by atoms with van der Waals surface area (Å²) in [5.74, 6) is 0.495. The third-order valence-electron chi connectivity index (χ3n) is 9.50. The minimum absolute atomic E-state index is 0.0196. The highest BCUT2D eigenvalue weighted by molar-refractivity contribution is 7.99. The molecule has 2 heterocycles. The van der Waals surface area contributed by atoms with E-state index in [2.05, 4.69) is 34.6 Å². The molecule has 10 nitrogen and oxygen atoms in total. The standard InChI is InChI=1S/C35H49FN6O4S/c1-5-30(43)38-28(34(46)41-19-21-47-22-20-41)10-8-9-25-11-12-27(26(36)23-25)39-33(45)31(35(6-2)16-13-24(4)14-17-35)40-32(44)29-15-18-37-42(29)7-3/h6,11-12,15,18,23-24,28,31H,2,5,7-10,13-14,16-17,19-22H2,1,3-4H3,(H,38,43)(H,39,45)(H,40,44)/t24?,28-,31-,35?/m1/s1. The summed E-state index contributed by atoms with van der Waals surface area (Å²) in [7, 11) is 0. The maximum absolute atomic E-state index is 15.5. The van der Waals surface area contributed by atoms with Crippen molar-refractivity contribution in [2.75, 3.05) is 29.9 Å². The van der Waals surface area contributed by atoms with Crippen LogP contribution in [0.5, 0.6) is 0 Å². The molecule has 47 heavy (non-hydrogen) atoms. The van der Waals surface area contributed by atoms with Crippen molar-refractivity contribution in [1.82, 2.24) is 25.3 Å².